The van der Waals surface area contributed by atoms with E-state index in [1.807, 2.05) is 6.07 Å². The maximum absolute atomic E-state index is 12.8. The molecule has 3 heterocycles. The number of hydrogen-bond acceptors (Lipinski definition) is 8. The van der Waals surface area contributed by atoms with E-state index in [4.69, 9.17) is 14.7 Å². The molecule has 1 saturated carbocycles. The van der Waals surface area contributed by atoms with E-state index >= 15 is 0 Å². The van der Waals surface area contributed by atoms with Gasteiger partial charge in [-0.2, -0.15) is 15.3 Å². The van der Waals surface area contributed by atoms with Gasteiger partial charge in [-0.05, 0) is 42.0 Å². The summed E-state index contributed by atoms with van der Waals surface area (Å²) in [6.07, 6.45) is 0.652. The molecule has 3 aromatic heterocycles. The second-order valence-electron chi connectivity index (χ2n) is 7.82. The lowest BCUT2D eigenvalue weighted by atomic mass is 10.0. The van der Waals surface area contributed by atoms with E-state index in [1.165, 1.54) is 26.4 Å². The third kappa shape index (κ3) is 4.28. The Morgan fingerprint density at radius 2 is 1.94 bits per heavy atom. The van der Waals surface area contributed by atoms with Gasteiger partial charge in [0.25, 0.3) is 0 Å². The van der Waals surface area contributed by atoms with E-state index in [2.05, 4.69) is 24.8 Å². The topological polar surface area (TPSA) is 107 Å². The molecular formula is C23H17F3N6O3. The van der Waals surface area contributed by atoms with Crippen LogP contribution < -0.4 is 14.2 Å². The molecule has 1 aliphatic carbocycles. The van der Waals surface area contributed by atoms with Gasteiger partial charge in [-0.1, -0.05) is 6.07 Å². The van der Waals surface area contributed by atoms with Crippen molar-refractivity contribution in [1.82, 2.24) is 24.6 Å². The highest BCUT2D eigenvalue weighted by Gasteiger charge is 2.42. The minimum absolute atomic E-state index is 0.0292. The Morgan fingerprint density at radius 1 is 1.11 bits per heavy atom. The summed E-state index contributed by atoms with van der Waals surface area (Å²) in [5.41, 5.74) is 3.04. The molecule has 5 rings (SSSR count). The van der Waals surface area contributed by atoms with Gasteiger partial charge in [0.05, 0.1) is 31.0 Å². The van der Waals surface area contributed by atoms with Crippen LogP contribution in [-0.2, 0) is 0 Å². The molecule has 0 saturated heterocycles. The van der Waals surface area contributed by atoms with E-state index in [1.54, 1.807) is 35.2 Å². The zero-order chi connectivity index (χ0) is 24.7. The van der Waals surface area contributed by atoms with Crippen LogP contribution in [0, 0.1) is 11.3 Å². The number of methoxy groups -OCH3 is 2. The van der Waals surface area contributed by atoms with Crippen LogP contribution in [0.15, 0.2) is 42.9 Å². The van der Waals surface area contributed by atoms with Gasteiger partial charge in [-0.25, -0.2) is 14.5 Å². The van der Waals surface area contributed by atoms with Gasteiger partial charge in [0.2, 0.25) is 5.88 Å². The summed E-state index contributed by atoms with van der Waals surface area (Å²) in [5.74, 6) is -0.339. The molecule has 9 nitrogen and oxygen atoms in total. The van der Waals surface area contributed by atoms with Crippen LogP contribution in [0.5, 0.6) is 17.6 Å². The van der Waals surface area contributed by atoms with Gasteiger partial charge in [-0.15, -0.1) is 13.2 Å². The smallest absolute Gasteiger partial charge is 0.480 e. The standard InChI is InChI=1S/C23H17F3N6O3/c1-33-21-17(11-29-22(30-21)34-2)18-9-16(20-28-5-6-32(20)31-18)15-8-14(15)12-3-4-13(10-27)19(7-12)35-23(24,25)26/h3-7,9,11,14-15H,8H2,1-2H3/t14-,15+/m1/s1. The SMILES string of the molecule is COc1ncc(-c2cc([C@H]3C[C@@H]3c3ccc(C#N)c(OC(F)(F)F)c3)c3nccn3n2)c(OC)n1. The molecule has 0 amide bonds. The molecule has 35 heavy (non-hydrogen) atoms. The van der Waals surface area contributed by atoms with Crippen molar-refractivity contribution >= 4 is 5.65 Å². The minimum Gasteiger partial charge on any atom is -0.480 e. The summed E-state index contributed by atoms with van der Waals surface area (Å²) < 4.78 is 54.6. The molecule has 4 aromatic rings. The Kier molecular flexibility index (Phi) is 5.39. The second-order valence-corrected chi connectivity index (χ2v) is 7.82. The predicted molar refractivity (Wildman–Crippen MR) is 115 cm³/mol. The molecule has 2 atom stereocenters. The Hall–Kier alpha value is -4.40. The highest BCUT2D eigenvalue weighted by atomic mass is 19.4. The average Bonchev–Trinajstić information content (AvgIpc) is 3.50. The van der Waals surface area contributed by atoms with Crippen molar-refractivity contribution in [3.05, 3.63) is 59.5 Å². The fourth-order valence-electron chi connectivity index (χ4n) is 4.10. The van der Waals surface area contributed by atoms with Gasteiger partial charge in [0, 0.05) is 24.2 Å². The van der Waals surface area contributed by atoms with Crippen molar-refractivity contribution in [1.29, 1.82) is 5.26 Å². The van der Waals surface area contributed by atoms with Gasteiger partial charge < -0.3 is 14.2 Å². The summed E-state index contributed by atoms with van der Waals surface area (Å²) in [6, 6.07) is 8.01. The molecule has 0 N–H and O–H groups in total. The van der Waals surface area contributed by atoms with Gasteiger partial charge in [-0.3, -0.25) is 0 Å². The molecule has 0 bridgehead atoms. The molecule has 0 aliphatic heterocycles. The summed E-state index contributed by atoms with van der Waals surface area (Å²) in [7, 11) is 2.92. The first-order valence-corrected chi connectivity index (χ1v) is 10.4. The van der Waals surface area contributed by atoms with Crippen LogP contribution >= 0.6 is 0 Å². The number of nitriles is 1. The number of nitrogens with zero attached hydrogens (tertiary/aromatic N) is 6. The molecule has 1 aromatic carbocycles. The minimum atomic E-state index is -4.89. The number of alkyl halides is 3. The summed E-state index contributed by atoms with van der Waals surface area (Å²) in [6.45, 7) is 0. The van der Waals surface area contributed by atoms with Crippen LogP contribution in [0.25, 0.3) is 16.9 Å². The normalized spacial score (nSPS) is 17.1. The fourth-order valence-corrected chi connectivity index (χ4v) is 4.10. The Bertz CT molecular complexity index is 1460. The van der Waals surface area contributed by atoms with Gasteiger partial charge in [0.1, 0.15) is 11.8 Å². The number of fused-ring (bicyclic) bond motifs is 1. The number of aromatic nitrogens is 5. The first-order valence-electron chi connectivity index (χ1n) is 10.4. The summed E-state index contributed by atoms with van der Waals surface area (Å²) in [4.78, 5) is 12.8. The van der Waals surface area contributed by atoms with Crippen molar-refractivity contribution in [2.45, 2.75) is 24.6 Å². The van der Waals surface area contributed by atoms with E-state index in [0.717, 1.165) is 5.56 Å². The molecule has 0 unspecified atom stereocenters. The van der Waals surface area contributed by atoms with E-state index < -0.39 is 12.1 Å². The van der Waals surface area contributed by atoms with Crippen molar-refractivity contribution < 1.29 is 27.4 Å². The lowest BCUT2D eigenvalue weighted by Gasteiger charge is -2.12. The zero-order valence-electron chi connectivity index (χ0n) is 18.4. The summed E-state index contributed by atoms with van der Waals surface area (Å²) >= 11 is 0. The van der Waals surface area contributed by atoms with Crippen LogP contribution in [0.2, 0.25) is 0 Å². The average molecular weight is 482 g/mol. The van der Waals surface area contributed by atoms with E-state index in [-0.39, 0.29) is 29.3 Å². The second kappa shape index (κ2) is 8.43. The number of imidazole rings is 1. The third-order valence-electron chi connectivity index (χ3n) is 5.74. The lowest BCUT2D eigenvalue weighted by Crippen LogP contribution is -2.18. The van der Waals surface area contributed by atoms with Crippen molar-refractivity contribution in [3.63, 3.8) is 0 Å². The number of rotatable bonds is 6. The molecular weight excluding hydrogens is 465 g/mol. The maximum Gasteiger partial charge on any atom is 0.573 e. The highest BCUT2D eigenvalue weighted by Crippen LogP contribution is 2.56. The Morgan fingerprint density at radius 3 is 2.66 bits per heavy atom. The van der Waals surface area contributed by atoms with Crippen molar-refractivity contribution in [2.75, 3.05) is 14.2 Å². The molecule has 1 aliphatic rings. The molecule has 0 radical (unpaired) electrons. The van der Waals surface area contributed by atoms with E-state index in [9.17, 15) is 13.2 Å². The fraction of sp³-hybridized carbons (Fsp3) is 0.261. The van der Waals surface area contributed by atoms with Crippen molar-refractivity contribution in [3.8, 4) is 35.0 Å². The first-order chi connectivity index (χ1) is 16.8. The van der Waals surface area contributed by atoms with Crippen LogP contribution in [0.1, 0.15) is 34.9 Å². The Balaban J connectivity index is 1.53. The van der Waals surface area contributed by atoms with E-state index in [0.29, 0.717) is 28.9 Å². The molecule has 1 fully saturated rings. The quantitative estimate of drug-likeness (QED) is 0.402. The molecule has 178 valence electrons. The predicted octanol–water partition coefficient (Wildman–Crippen LogP) is 4.24. The lowest BCUT2D eigenvalue weighted by molar-refractivity contribution is -0.274. The van der Waals surface area contributed by atoms with Gasteiger partial charge >= 0.3 is 12.4 Å². The van der Waals surface area contributed by atoms with Crippen LogP contribution in [-0.4, -0.2) is 45.1 Å². The third-order valence-corrected chi connectivity index (χ3v) is 5.74. The monoisotopic (exact) mass is 482 g/mol. The highest BCUT2D eigenvalue weighted by molar-refractivity contribution is 5.68. The largest absolute Gasteiger partial charge is 0.573 e. The number of halogens is 3. The van der Waals surface area contributed by atoms with Crippen LogP contribution in [0.4, 0.5) is 13.2 Å². The van der Waals surface area contributed by atoms with Crippen molar-refractivity contribution in [2.24, 2.45) is 0 Å². The van der Waals surface area contributed by atoms with Crippen LogP contribution in [0.3, 0.4) is 0 Å². The summed E-state index contributed by atoms with van der Waals surface area (Å²) in [5, 5.41) is 13.7. The molecule has 0 spiro atoms. The maximum atomic E-state index is 12.8. The Labute approximate surface area is 196 Å². The zero-order valence-corrected chi connectivity index (χ0v) is 18.4. The number of benzene rings is 1. The first kappa shape index (κ1) is 22.4. The number of ether oxygens (including phenoxy) is 3. The van der Waals surface area contributed by atoms with Gasteiger partial charge in [0.15, 0.2) is 5.65 Å². The number of hydrogen-bond donors (Lipinski definition) is 0. The molecule has 12 heteroatoms.